The third kappa shape index (κ3) is 22.8. The van der Waals surface area contributed by atoms with Crippen molar-refractivity contribution in [3.63, 3.8) is 0 Å². The minimum atomic E-state index is -1.65. The maximum atomic E-state index is 14.5. The van der Waals surface area contributed by atoms with Gasteiger partial charge < -0.3 is 76.1 Å². The van der Waals surface area contributed by atoms with Crippen LogP contribution in [0.1, 0.15) is 116 Å². The van der Waals surface area contributed by atoms with Crippen LogP contribution in [0.3, 0.4) is 0 Å². The van der Waals surface area contributed by atoms with Gasteiger partial charge in [0.05, 0.1) is 46.3 Å². The largest absolute Gasteiger partial charge is 0.393 e. The highest BCUT2D eigenvalue weighted by atomic mass is 35.5. The molecule has 1 saturated heterocycles. The number of rotatable bonds is 24. The van der Waals surface area contributed by atoms with Gasteiger partial charge >= 0.3 is 0 Å². The Bertz CT molecular complexity index is 2280. The van der Waals surface area contributed by atoms with E-state index in [0.717, 1.165) is 0 Å². The highest BCUT2D eigenvalue weighted by Gasteiger charge is 2.38. The minimum absolute atomic E-state index is 0.0639. The molecule has 1 aromatic rings. The molecule has 0 aromatic carbocycles. The van der Waals surface area contributed by atoms with Crippen LogP contribution in [0.4, 0.5) is 0 Å². The number of aliphatic hydroxyl groups is 2. The van der Waals surface area contributed by atoms with Crippen LogP contribution in [0.15, 0.2) is 12.3 Å². The van der Waals surface area contributed by atoms with E-state index in [1.807, 2.05) is 13.8 Å². The van der Waals surface area contributed by atoms with Crippen LogP contribution in [-0.4, -0.2) is 167 Å². The lowest BCUT2D eigenvalue weighted by molar-refractivity contribution is -0.137. The summed E-state index contributed by atoms with van der Waals surface area (Å²) < 4.78 is 0. The first-order valence-corrected chi connectivity index (χ1v) is 27.4. The zero-order valence-electron chi connectivity index (χ0n) is 45.7. The molecule has 444 valence electrons. The molecule has 0 spiro atoms. The van der Waals surface area contributed by atoms with Gasteiger partial charge in [0.2, 0.25) is 35.4 Å². The van der Waals surface area contributed by atoms with E-state index in [-0.39, 0.29) is 106 Å². The molecule has 1 aliphatic rings. The lowest BCUT2D eigenvalue weighted by Gasteiger charge is -2.27. The third-order valence-corrected chi connectivity index (χ3v) is 13.9. The maximum Gasteiger partial charge on any atom is 0.272 e. The van der Waals surface area contributed by atoms with E-state index in [9.17, 15) is 63.0 Å². The number of ketones is 4. The average molecular weight is 1160 g/mol. The van der Waals surface area contributed by atoms with Crippen molar-refractivity contribution in [2.45, 2.75) is 154 Å². The summed E-state index contributed by atoms with van der Waals surface area (Å²) in [6.45, 7) is 6.44. The molecule has 2 rings (SSSR count). The molecule has 2 unspecified atom stereocenters. The second-order valence-electron chi connectivity index (χ2n) is 20.3. The predicted molar refractivity (Wildman–Crippen MR) is 292 cm³/mol. The third-order valence-electron chi connectivity index (χ3n) is 13.4. The van der Waals surface area contributed by atoms with Gasteiger partial charge in [-0.05, 0) is 97.0 Å². The van der Waals surface area contributed by atoms with Gasteiger partial charge in [-0.1, -0.05) is 44.0 Å². The van der Waals surface area contributed by atoms with Gasteiger partial charge in [-0.3, -0.25) is 52.7 Å². The smallest absolute Gasteiger partial charge is 0.272 e. The molecule has 1 aromatic heterocycles. The zero-order chi connectivity index (χ0) is 59.7. The fourth-order valence-electron chi connectivity index (χ4n) is 8.79. The summed E-state index contributed by atoms with van der Waals surface area (Å²) in [4.78, 5) is 156. The van der Waals surface area contributed by atoms with Gasteiger partial charge in [-0.2, -0.15) is 0 Å². The maximum absolute atomic E-state index is 14.5. The van der Waals surface area contributed by atoms with Gasteiger partial charge in [0.15, 0.2) is 17.3 Å². The summed E-state index contributed by atoms with van der Waals surface area (Å²) >= 11 is 12.0. The molecule has 79 heavy (non-hydrogen) atoms. The first-order valence-electron chi connectivity index (χ1n) is 26.7. The second kappa shape index (κ2) is 35.2. The molecule has 1 fully saturated rings. The number of nitrogens with zero attached hydrogens (tertiary/aromatic N) is 1. The standard InChI is InChI=1S/C51H83Cl2N13O13/c1-6-28-18-40(70)37(17-25(2)3)64-46(74)30(7-12-54)20-39(69)29(11-16-59-50(78)43(27(5)68)66-49(77)36(10-15-57)63-48(76)35(9-14-56)62-45(28)73)19-41(71)38(23-58)65-47(75)32(26(4)67)22-42(72)34(8-13-55)61-51(79)44-33(53)21-31(52)24-60-44/h21,24-30,32,34-38,43,67-68H,6-20,22-23,54-58H2,1-5H3,(H,59,78)(H,61,79)(H,62,73)(H,63,76)(H,64,74)(H,65,75)(H,66,77)/t26?,27?,28-,29-,30-,32+,34+,35+,36+,37-,38+,43+/m1/s1. The van der Waals surface area contributed by atoms with Gasteiger partial charge in [0.1, 0.15) is 29.6 Å². The molecule has 12 atom stereocenters. The van der Waals surface area contributed by atoms with Gasteiger partial charge in [0, 0.05) is 62.7 Å². The number of hydrogen-bond acceptors (Lipinski definition) is 19. The molecule has 2 heterocycles. The van der Waals surface area contributed by atoms with E-state index in [1.165, 1.54) is 26.1 Å². The van der Waals surface area contributed by atoms with E-state index in [1.54, 1.807) is 6.92 Å². The van der Waals surface area contributed by atoms with E-state index < -0.39 is 162 Å². The Kier molecular flexibility index (Phi) is 31.0. The molecule has 0 saturated carbocycles. The monoisotopic (exact) mass is 1160 g/mol. The number of amides is 7. The van der Waals surface area contributed by atoms with Gasteiger partial charge in [-0.25, -0.2) is 4.98 Å². The van der Waals surface area contributed by atoms with Crippen LogP contribution >= 0.6 is 23.2 Å². The summed E-state index contributed by atoms with van der Waals surface area (Å²) in [6, 6.07) is -6.96. The Hall–Kier alpha value is -5.58. The Morgan fingerprint density at radius 3 is 1.80 bits per heavy atom. The van der Waals surface area contributed by atoms with Gasteiger partial charge in [-0.15, -0.1) is 0 Å². The van der Waals surface area contributed by atoms with Crippen LogP contribution in [0.25, 0.3) is 0 Å². The van der Waals surface area contributed by atoms with Gasteiger partial charge in [0.25, 0.3) is 5.91 Å². The number of aliphatic hydroxyl groups excluding tert-OH is 2. The van der Waals surface area contributed by atoms with Crippen molar-refractivity contribution in [1.29, 1.82) is 0 Å². The number of aromatic nitrogens is 1. The van der Waals surface area contributed by atoms with Crippen molar-refractivity contribution in [2.24, 2.45) is 58.3 Å². The summed E-state index contributed by atoms with van der Waals surface area (Å²) in [5.41, 5.74) is 29.1. The molecule has 1 aliphatic heterocycles. The number of Topliss-reactive ketones (excluding diaryl/α,β-unsaturated/α-hetero) is 4. The number of nitrogens with one attached hydrogen (secondary N) is 7. The molecule has 28 heteroatoms. The lowest BCUT2D eigenvalue weighted by Crippen LogP contribution is -2.59. The number of hydrogen-bond donors (Lipinski definition) is 14. The van der Waals surface area contributed by atoms with Crippen LogP contribution in [0, 0.1) is 29.6 Å². The predicted octanol–water partition coefficient (Wildman–Crippen LogP) is -2.70. The second-order valence-corrected chi connectivity index (χ2v) is 21.1. The molecule has 26 nitrogen and oxygen atoms in total. The molecule has 0 radical (unpaired) electrons. The van der Waals surface area contributed by atoms with Crippen molar-refractivity contribution < 1.29 is 63.0 Å². The van der Waals surface area contributed by atoms with Crippen LogP contribution in [0.2, 0.25) is 10.0 Å². The van der Waals surface area contributed by atoms with E-state index in [4.69, 9.17) is 51.9 Å². The quantitative estimate of drug-likeness (QED) is 0.0501. The number of halogens is 2. The Morgan fingerprint density at radius 1 is 0.696 bits per heavy atom. The molecular weight excluding hydrogens is 1070 g/mol. The Balaban J connectivity index is 2.59. The summed E-state index contributed by atoms with van der Waals surface area (Å²) in [7, 11) is 0. The van der Waals surface area contributed by atoms with Crippen LogP contribution < -0.4 is 65.9 Å². The summed E-state index contributed by atoms with van der Waals surface area (Å²) in [5, 5.41) is 39.3. The topological polar surface area (TPSA) is 455 Å². The Morgan fingerprint density at radius 2 is 1.27 bits per heavy atom. The fraction of sp³-hybridized carbons (Fsp3) is 0.686. The molecule has 0 aliphatic carbocycles. The number of pyridine rings is 1. The molecular formula is C51H83Cl2N13O13. The van der Waals surface area contributed by atoms with Crippen molar-refractivity contribution in [3.8, 4) is 0 Å². The highest BCUT2D eigenvalue weighted by Crippen LogP contribution is 2.23. The summed E-state index contributed by atoms with van der Waals surface area (Å²) in [6.07, 6.45) is -4.45. The first kappa shape index (κ1) is 69.5. The molecule has 0 bridgehead atoms. The average Bonchev–Trinajstić information content (AvgIpc) is 3.38. The Labute approximate surface area is 470 Å². The van der Waals surface area contributed by atoms with E-state index in [0.29, 0.717) is 0 Å². The SMILES string of the molecule is CC[C@@H]1CC(=O)[C@@H](CC(C)C)NC(=O)[C@H](CCN)CC(=O)[C@@H](CC(=O)[C@H](CN)NC(=O)[C@@H](CC(=O)[C@H](CCN)NC(=O)c2ncc(Cl)cc2Cl)C(C)O)CCNC(=O)[C@H](C(C)O)NC(=O)[C@H](CCN)NC(=O)[C@H](CCN)NC1=O. The number of carbonyl (C=O) groups excluding carboxylic acids is 11. The van der Waals surface area contributed by atoms with E-state index in [2.05, 4.69) is 42.2 Å². The van der Waals surface area contributed by atoms with Crippen molar-refractivity contribution in [2.75, 3.05) is 39.3 Å². The number of carbonyl (C=O) groups is 11. The fourth-order valence-corrected chi connectivity index (χ4v) is 9.25. The van der Waals surface area contributed by atoms with Crippen molar-refractivity contribution in [3.05, 3.63) is 28.0 Å². The first-order chi connectivity index (χ1) is 37.3. The minimum Gasteiger partial charge on any atom is -0.393 e. The lowest BCUT2D eigenvalue weighted by atomic mass is 9.85. The highest BCUT2D eigenvalue weighted by molar-refractivity contribution is 6.36. The molecule has 7 amide bonds. The zero-order valence-corrected chi connectivity index (χ0v) is 47.2. The van der Waals surface area contributed by atoms with Crippen LogP contribution in [0.5, 0.6) is 0 Å². The molecule has 19 N–H and O–H groups in total. The normalized spacial score (nSPS) is 23.6. The van der Waals surface area contributed by atoms with Crippen molar-refractivity contribution in [1.82, 2.24) is 42.2 Å². The summed E-state index contributed by atoms with van der Waals surface area (Å²) in [5.74, 6) is -13.8. The van der Waals surface area contributed by atoms with Crippen LogP contribution in [-0.2, 0) is 47.9 Å². The van der Waals surface area contributed by atoms with E-state index >= 15 is 0 Å². The number of nitrogens with two attached hydrogens (primary N) is 5. The van der Waals surface area contributed by atoms with Crippen molar-refractivity contribution >= 4 is 87.7 Å².